The van der Waals surface area contributed by atoms with Gasteiger partial charge >= 0.3 is 5.97 Å². The van der Waals surface area contributed by atoms with E-state index in [0.717, 1.165) is 11.1 Å². The Morgan fingerprint density at radius 3 is 1.83 bits per heavy atom. The maximum atomic E-state index is 12.2. The van der Waals surface area contributed by atoms with Gasteiger partial charge in [0.25, 0.3) is 0 Å². The lowest BCUT2D eigenvalue weighted by atomic mass is 9.98. The van der Waals surface area contributed by atoms with Crippen molar-refractivity contribution >= 4 is 35.1 Å². The Balaban J connectivity index is 2.22. The van der Waals surface area contributed by atoms with E-state index in [1.807, 2.05) is 24.3 Å². The van der Waals surface area contributed by atoms with E-state index in [4.69, 9.17) is 27.9 Å². The van der Waals surface area contributed by atoms with Crippen molar-refractivity contribution in [1.82, 2.24) is 5.32 Å². The fraction of sp³-hybridized carbons (Fsp3) is 0.222. The van der Waals surface area contributed by atoms with Crippen molar-refractivity contribution in [2.24, 2.45) is 0 Å². The molecule has 0 aliphatic rings. The van der Waals surface area contributed by atoms with E-state index in [2.05, 4.69) is 5.32 Å². The van der Waals surface area contributed by atoms with Crippen LogP contribution in [0, 0.1) is 0 Å². The SMILES string of the molecule is CCOC(=O)CC(=O)NC(c1ccc(Cl)cc1)c1ccc(Cl)cc1. The average Bonchev–Trinajstić information content (AvgIpc) is 2.55. The van der Waals surface area contributed by atoms with E-state index in [1.54, 1.807) is 31.2 Å². The molecule has 4 nitrogen and oxygen atoms in total. The second-order valence-electron chi connectivity index (χ2n) is 5.09. The van der Waals surface area contributed by atoms with Crippen LogP contribution in [-0.4, -0.2) is 18.5 Å². The highest BCUT2D eigenvalue weighted by molar-refractivity contribution is 6.30. The molecule has 0 spiro atoms. The van der Waals surface area contributed by atoms with Gasteiger partial charge in [-0.2, -0.15) is 0 Å². The van der Waals surface area contributed by atoms with Crippen molar-refractivity contribution in [2.75, 3.05) is 6.61 Å². The van der Waals surface area contributed by atoms with Crippen molar-refractivity contribution in [2.45, 2.75) is 19.4 Å². The molecule has 0 aromatic heterocycles. The summed E-state index contributed by atoms with van der Waals surface area (Å²) in [4.78, 5) is 23.6. The van der Waals surface area contributed by atoms with E-state index >= 15 is 0 Å². The summed E-state index contributed by atoms with van der Waals surface area (Å²) in [5, 5.41) is 4.06. The van der Waals surface area contributed by atoms with Gasteiger partial charge in [0.05, 0.1) is 12.6 Å². The maximum Gasteiger partial charge on any atom is 0.315 e. The van der Waals surface area contributed by atoms with Gasteiger partial charge in [0.15, 0.2) is 0 Å². The maximum absolute atomic E-state index is 12.2. The first kappa shape index (κ1) is 18.3. The fourth-order valence-corrected chi connectivity index (χ4v) is 2.48. The topological polar surface area (TPSA) is 55.4 Å². The van der Waals surface area contributed by atoms with Crippen molar-refractivity contribution in [3.63, 3.8) is 0 Å². The molecule has 2 aromatic carbocycles. The Kier molecular flexibility index (Phi) is 6.64. The van der Waals surface area contributed by atoms with Crippen LogP contribution >= 0.6 is 23.2 Å². The van der Waals surface area contributed by atoms with Crippen LogP contribution < -0.4 is 5.32 Å². The molecule has 2 aromatic rings. The smallest absolute Gasteiger partial charge is 0.315 e. The second kappa shape index (κ2) is 8.71. The van der Waals surface area contributed by atoms with Gasteiger partial charge in [0, 0.05) is 10.0 Å². The minimum atomic E-state index is -0.555. The van der Waals surface area contributed by atoms with Crippen LogP contribution in [0.15, 0.2) is 48.5 Å². The Labute approximate surface area is 150 Å². The molecule has 24 heavy (non-hydrogen) atoms. The van der Waals surface area contributed by atoms with Crippen molar-refractivity contribution in [3.8, 4) is 0 Å². The summed E-state index contributed by atoms with van der Waals surface area (Å²) >= 11 is 11.9. The minimum absolute atomic E-state index is 0.240. The minimum Gasteiger partial charge on any atom is -0.466 e. The summed E-state index contributed by atoms with van der Waals surface area (Å²) in [5.74, 6) is -0.968. The van der Waals surface area contributed by atoms with E-state index in [1.165, 1.54) is 0 Å². The highest BCUT2D eigenvalue weighted by atomic mass is 35.5. The summed E-state index contributed by atoms with van der Waals surface area (Å²) in [6, 6.07) is 13.9. The highest BCUT2D eigenvalue weighted by Crippen LogP contribution is 2.25. The summed E-state index contributed by atoms with van der Waals surface area (Å²) < 4.78 is 4.80. The number of amides is 1. The lowest BCUT2D eigenvalue weighted by Gasteiger charge is -2.20. The van der Waals surface area contributed by atoms with E-state index in [9.17, 15) is 9.59 Å². The van der Waals surface area contributed by atoms with E-state index < -0.39 is 17.9 Å². The lowest BCUT2D eigenvalue weighted by molar-refractivity contribution is -0.146. The first-order chi connectivity index (χ1) is 11.5. The zero-order valence-electron chi connectivity index (χ0n) is 13.1. The molecule has 126 valence electrons. The number of rotatable bonds is 6. The molecule has 0 radical (unpaired) electrons. The van der Waals surface area contributed by atoms with E-state index in [-0.39, 0.29) is 13.0 Å². The summed E-state index contributed by atoms with van der Waals surface area (Å²) in [7, 11) is 0. The highest BCUT2D eigenvalue weighted by Gasteiger charge is 2.19. The van der Waals surface area contributed by atoms with Crippen molar-refractivity contribution < 1.29 is 14.3 Å². The van der Waals surface area contributed by atoms with Gasteiger partial charge in [-0.3, -0.25) is 9.59 Å². The predicted octanol–water partition coefficient (Wildman–Crippen LogP) is 4.15. The third-order valence-electron chi connectivity index (χ3n) is 3.32. The van der Waals surface area contributed by atoms with Crippen LogP contribution in [0.3, 0.4) is 0 Å². The van der Waals surface area contributed by atoms with Crippen LogP contribution in [0.25, 0.3) is 0 Å². The van der Waals surface area contributed by atoms with Gasteiger partial charge in [-0.15, -0.1) is 0 Å². The largest absolute Gasteiger partial charge is 0.466 e. The number of hydrogen-bond donors (Lipinski definition) is 1. The quantitative estimate of drug-likeness (QED) is 0.617. The molecule has 0 heterocycles. The number of nitrogens with one attached hydrogen (secondary N) is 1. The van der Waals surface area contributed by atoms with Crippen LogP contribution in [0.5, 0.6) is 0 Å². The predicted molar refractivity (Wildman–Crippen MR) is 94.1 cm³/mol. The first-order valence-corrected chi connectivity index (χ1v) is 8.21. The standard InChI is InChI=1S/C18H17Cl2NO3/c1-2-24-17(23)11-16(22)21-18(12-3-7-14(19)8-4-12)13-5-9-15(20)10-6-13/h3-10,18H,2,11H2,1H3,(H,21,22). The van der Waals surface area contributed by atoms with Gasteiger partial charge in [-0.05, 0) is 42.3 Å². The monoisotopic (exact) mass is 365 g/mol. The first-order valence-electron chi connectivity index (χ1n) is 7.45. The Bertz CT molecular complexity index is 654. The van der Waals surface area contributed by atoms with Crippen molar-refractivity contribution in [1.29, 1.82) is 0 Å². The molecule has 0 saturated heterocycles. The third kappa shape index (κ3) is 5.25. The number of esters is 1. The number of carbonyl (C=O) groups is 2. The second-order valence-corrected chi connectivity index (χ2v) is 5.96. The number of benzene rings is 2. The summed E-state index contributed by atoms with van der Waals surface area (Å²) in [6.45, 7) is 1.93. The normalized spacial score (nSPS) is 10.5. The Morgan fingerprint density at radius 2 is 1.42 bits per heavy atom. The van der Waals surface area contributed by atoms with Gasteiger partial charge in [0.2, 0.25) is 5.91 Å². The van der Waals surface area contributed by atoms with Gasteiger partial charge in [0.1, 0.15) is 6.42 Å². The molecule has 0 bridgehead atoms. The fourth-order valence-electron chi connectivity index (χ4n) is 2.22. The van der Waals surface area contributed by atoms with Crippen LogP contribution in [0.2, 0.25) is 10.0 Å². The molecule has 2 rings (SSSR count). The van der Waals surface area contributed by atoms with Gasteiger partial charge < -0.3 is 10.1 Å². The molecule has 0 atom stereocenters. The number of carbonyl (C=O) groups excluding carboxylic acids is 2. The number of ether oxygens (including phenoxy) is 1. The van der Waals surface area contributed by atoms with Gasteiger partial charge in [-0.1, -0.05) is 47.5 Å². The lowest BCUT2D eigenvalue weighted by Crippen LogP contribution is -2.31. The van der Waals surface area contributed by atoms with E-state index in [0.29, 0.717) is 10.0 Å². The molecule has 0 aliphatic heterocycles. The molecule has 0 aliphatic carbocycles. The molecule has 0 unspecified atom stereocenters. The molecular formula is C18H17Cl2NO3. The molecular weight excluding hydrogens is 349 g/mol. The molecule has 0 saturated carbocycles. The van der Waals surface area contributed by atoms with Crippen LogP contribution in [-0.2, 0) is 14.3 Å². The molecule has 1 N–H and O–H groups in total. The zero-order chi connectivity index (χ0) is 17.5. The zero-order valence-corrected chi connectivity index (χ0v) is 14.6. The number of hydrogen-bond acceptors (Lipinski definition) is 3. The number of halogens is 2. The average molecular weight is 366 g/mol. The molecule has 1 amide bonds. The Hall–Kier alpha value is -2.04. The van der Waals surface area contributed by atoms with Gasteiger partial charge in [-0.25, -0.2) is 0 Å². The third-order valence-corrected chi connectivity index (χ3v) is 3.83. The van der Waals surface area contributed by atoms with Crippen LogP contribution in [0.1, 0.15) is 30.5 Å². The van der Waals surface area contributed by atoms with Crippen molar-refractivity contribution in [3.05, 3.63) is 69.7 Å². The van der Waals surface area contributed by atoms with Crippen LogP contribution in [0.4, 0.5) is 0 Å². The molecule has 6 heteroatoms. The Morgan fingerprint density at radius 1 is 0.958 bits per heavy atom. The molecule has 0 fully saturated rings. The summed E-state index contributed by atoms with van der Waals surface area (Å²) in [6.07, 6.45) is -0.328. The summed E-state index contributed by atoms with van der Waals surface area (Å²) in [5.41, 5.74) is 1.69.